The van der Waals surface area contributed by atoms with Crippen LogP contribution in [0, 0.1) is 6.92 Å². The van der Waals surface area contributed by atoms with Gasteiger partial charge in [-0.05, 0) is 51.4 Å². The third kappa shape index (κ3) is 2.76. The molecule has 2 rings (SSSR count). The van der Waals surface area contributed by atoms with Gasteiger partial charge in [0.25, 0.3) is 0 Å². The number of nitrogens with one attached hydrogen (secondary N) is 1. The first kappa shape index (κ1) is 13.9. The Labute approximate surface area is 115 Å². The van der Waals surface area contributed by atoms with Gasteiger partial charge in [-0.15, -0.1) is 0 Å². The molecule has 19 heavy (non-hydrogen) atoms. The van der Waals surface area contributed by atoms with Crippen LogP contribution in [0.4, 0.5) is 0 Å². The number of fused-ring (bicyclic) bond motifs is 1. The van der Waals surface area contributed by atoms with Crippen molar-refractivity contribution in [1.29, 1.82) is 0 Å². The number of aromatic nitrogens is 1. The van der Waals surface area contributed by atoms with Crippen LogP contribution in [0.15, 0.2) is 18.3 Å². The van der Waals surface area contributed by atoms with E-state index in [1.165, 1.54) is 22.0 Å². The SMILES string of the molecule is COc1ccc(C)c2[nH]cc(CCN(C)C(C)C)c12. The zero-order valence-corrected chi connectivity index (χ0v) is 12.6. The van der Waals surface area contributed by atoms with E-state index in [-0.39, 0.29) is 0 Å². The van der Waals surface area contributed by atoms with Crippen molar-refractivity contribution in [3.63, 3.8) is 0 Å². The second-order valence-electron chi connectivity index (χ2n) is 5.47. The first-order valence-corrected chi connectivity index (χ1v) is 6.88. The van der Waals surface area contributed by atoms with E-state index in [4.69, 9.17) is 4.74 Å². The van der Waals surface area contributed by atoms with Crippen molar-refractivity contribution < 1.29 is 4.74 Å². The molecule has 0 aliphatic rings. The van der Waals surface area contributed by atoms with Gasteiger partial charge in [-0.2, -0.15) is 0 Å². The van der Waals surface area contributed by atoms with Gasteiger partial charge in [0.1, 0.15) is 5.75 Å². The Bertz CT molecular complexity index is 557. The predicted octanol–water partition coefficient (Wildman–Crippen LogP) is 3.37. The summed E-state index contributed by atoms with van der Waals surface area (Å²) in [6.45, 7) is 7.63. The third-order valence-corrected chi connectivity index (χ3v) is 3.92. The van der Waals surface area contributed by atoms with Gasteiger partial charge in [-0.25, -0.2) is 0 Å². The Morgan fingerprint density at radius 2 is 2.05 bits per heavy atom. The van der Waals surface area contributed by atoms with Crippen molar-refractivity contribution in [2.75, 3.05) is 20.7 Å². The van der Waals surface area contributed by atoms with Gasteiger partial charge in [-0.1, -0.05) is 6.07 Å². The number of aryl methyl sites for hydroxylation is 1. The van der Waals surface area contributed by atoms with Crippen molar-refractivity contribution in [3.05, 3.63) is 29.5 Å². The average Bonchev–Trinajstić information content (AvgIpc) is 2.81. The highest BCUT2D eigenvalue weighted by Crippen LogP contribution is 2.31. The number of methoxy groups -OCH3 is 1. The van der Waals surface area contributed by atoms with Crippen LogP contribution in [0.1, 0.15) is 25.0 Å². The number of hydrogen-bond donors (Lipinski definition) is 1. The first-order chi connectivity index (χ1) is 9.04. The lowest BCUT2D eigenvalue weighted by Gasteiger charge is -2.20. The molecule has 0 saturated heterocycles. The van der Waals surface area contributed by atoms with E-state index < -0.39 is 0 Å². The summed E-state index contributed by atoms with van der Waals surface area (Å²) in [5.41, 5.74) is 3.80. The van der Waals surface area contributed by atoms with Gasteiger partial charge in [0, 0.05) is 24.2 Å². The van der Waals surface area contributed by atoms with E-state index in [1.807, 2.05) is 0 Å². The second kappa shape index (κ2) is 5.66. The summed E-state index contributed by atoms with van der Waals surface area (Å²) >= 11 is 0. The zero-order chi connectivity index (χ0) is 14.0. The maximum absolute atomic E-state index is 5.50. The summed E-state index contributed by atoms with van der Waals surface area (Å²) in [4.78, 5) is 5.75. The minimum atomic E-state index is 0.578. The third-order valence-electron chi connectivity index (χ3n) is 3.92. The molecule has 0 bridgehead atoms. The number of aromatic amines is 1. The topological polar surface area (TPSA) is 28.3 Å². The molecule has 1 aromatic heterocycles. The fourth-order valence-corrected chi connectivity index (χ4v) is 2.35. The molecular weight excluding hydrogens is 236 g/mol. The van der Waals surface area contributed by atoms with Gasteiger partial charge in [0.2, 0.25) is 0 Å². The zero-order valence-electron chi connectivity index (χ0n) is 12.6. The molecule has 0 aliphatic heterocycles. The van der Waals surface area contributed by atoms with E-state index >= 15 is 0 Å². The first-order valence-electron chi connectivity index (χ1n) is 6.88. The molecule has 0 amide bonds. The Kier molecular flexibility index (Phi) is 4.15. The lowest BCUT2D eigenvalue weighted by atomic mass is 10.1. The number of H-pyrrole nitrogens is 1. The summed E-state index contributed by atoms with van der Waals surface area (Å²) in [5.74, 6) is 0.962. The van der Waals surface area contributed by atoms with E-state index in [1.54, 1.807) is 7.11 Å². The smallest absolute Gasteiger partial charge is 0.128 e. The molecule has 3 heteroatoms. The van der Waals surface area contributed by atoms with Crippen LogP contribution in [-0.2, 0) is 6.42 Å². The summed E-state index contributed by atoms with van der Waals surface area (Å²) in [5, 5.41) is 1.24. The van der Waals surface area contributed by atoms with Crippen molar-refractivity contribution in [2.24, 2.45) is 0 Å². The molecule has 0 fully saturated rings. The molecule has 0 saturated carbocycles. The van der Waals surface area contributed by atoms with Crippen LogP contribution < -0.4 is 4.74 Å². The van der Waals surface area contributed by atoms with Gasteiger partial charge in [0.15, 0.2) is 0 Å². The predicted molar refractivity (Wildman–Crippen MR) is 81.1 cm³/mol. The molecule has 1 aromatic carbocycles. The van der Waals surface area contributed by atoms with E-state index in [2.05, 4.69) is 56.0 Å². The molecule has 104 valence electrons. The minimum absolute atomic E-state index is 0.578. The number of likely N-dealkylation sites (N-methyl/N-ethyl adjacent to an activating group) is 1. The lowest BCUT2D eigenvalue weighted by Crippen LogP contribution is -2.28. The van der Waals surface area contributed by atoms with Crippen molar-refractivity contribution in [3.8, 4) is 5.75 Å². The molecule has 0 radical (unpaired) electrons. The Morgan fingerprint density at radius 1 is 1.32 bits per heavy atom. The summed E-state index contributed by atoms with van der Waals surface area (Å²) in [7, 11) is 3.91. The number of rotatable bonds is 5. The molecule has 2 aromatic rings. The van der Waals surface area contributed by atoms with Gasteiger partial charge < -0.3 is 14.6 Å². The lowest BCUT2D eigenvalue weighted by molar-refractivity contribution is 0.277. The molecular formula is C16H24N2O. The Hall–Kier alpha value is -1.48. The number of hydrogen-bond acceptors (Lipinski definition) is 2. The Balaban J connectivity index is 2.31. The van der Waals surface area contributed by atoms with Gasteiger partial charge in [0.05, 0.1) is 12.6 Å². The molecule has 0 spiro atoms. The fraction of sp³-hybridized carbons (Fsp3) is 0.500. The largest absolute Gasteiger partial charge is 0.496 e. The van der Waals surface area contributed by atoms with Crippen LogP contribution in [-0.4, -0.2) is 36.6 Å². The Morgan fingerprint density at radius 3 is 2.68 bits per heavy atom. The molecule has 0 unspecified atom stereocenters. The summed E-state index contributed by atoms with van der Waals surface area (Å²) in [6.07, 6.45) is 3.16. The van der Waals surface area contributed by atoms with E-state index in [0.717, 1.165) is 18.7 Å². The normalized spacial score (nSPS) is 11.7. The van der Waals surface area contributed by atoms with Crippen LogP contribution in [0.2, 0.25) is 0 Å². The minimum Gasteiger partial charge on any atom is -0.496 e. The quantitative estimate of drug-likeness (QED) is 0.892. The van der Waals surface area contributed by atoms with Gasteiger partial charge in [-0.3, -0.25) is 0 Å². The second-order valence-corrected chi connectivity index (χ2v) is 5.47. The maximum atomic E-state index is 5.50. The monoisotopic (exact) mass is 260 g/mol. The molecule has 3 nitrogen and oxygen atoms in total. The maximum Gasteiger partial charge on any atom is 0.128 e. The van der Waals surface area contributed by atoms with Crippen molar-refractivity contribution in [1.82, 2.24) is 9.88 Å². The van der Waals surface area contributed by atoms with Crippen molar-refractivity contribution in [2.45, 2.75) is 33.2 Å². The standard InChI is InChI=1S/C16H24N2O/c1-11(2)18(4)9-8-13-10-17-16-12(3)6-7-14(19-5)15(13)16/h6-7,10-11,17H,8-9H2,1-5H3. The summed E-state index contributed by atoms with van der Waals surface area (Å²) in [6, 6.07) is 4.73. The van der Waals surface area contributed by atoms with Crippen molar-refractivity contribution >= 4 is 10.9 Å². The van der Waals surface area contributed by atoms with Gasteiger partial charge >= 0.3 is 0 Å². The number of ether oxygens (including phenoxy) is 1. The molecule has 0 atom stereocenters. The average molecular weight is 260 g/mol. The van der Waals surface area contributed by atoms with Crippen LogP contribution in [0.3, 0.4) is 0 Å². The molecule has 1 N–H and O–H groups in total. The highest BCUT2D eigenvalue weighted by Gasteiger charge is 2.12. The molecule has 0 aliphatic carbocycles. The summed E-state index contributed by atoms with van der Waals surface area (Å²) < 4.78 is 5.50. The highest BCUT2D eigenvalue weighted by molar-refractivity contribution is 5.91. The highest BCUT2D eigenvalue weighted by atomic mass is 16.5. The van der Waals surface area contributed by atoms with Crippen LogP contribution in [0.5, 0.6) is 5.75 Å². The molecule has 1 heterocycles. The van der Waals surface area contributed by atoms with Crippen LogP contribution >= 0.6 is 0 Å². The fourth-order valence-electron chi connectivity index (χ4n) is 2.35. The van der Waals surface area contributed by atoms with E-state index in [0.29, 0.717) is 6.04 Å². The van der Waals surface area contributed by atoms with Crippen LogP contribution in [0.25, 0.3) is 10.9 Å². The number of benzene rings is 1. The van der Waals surface area contributed by atoms with E-state index in [9.17, 15) is 0 Å². The number of nitrogens with zero attached hydrogens (tertiary/aromatic N) is 1.